The van der Waals surface area contributed by atoms with Crippen molar-refractivity contribution in [2.45, 2.75) is 44.7 Å². The third-order valence-corrected chi connectivity index (χ3v) is 7.33. The van der Waals surface area contributed by atoms with E-state index in [1.165, 1.54) is 34.9 Å². The Balaban J connectivity index is 1.78. The SMILES string of the molecule is C=CCOC(=O)C[C@@H](C(=O)N(C)C)N(C)C(=O)C(CC(C)C)N(C)C(=O)OCC1c2ccccc2-c2ccccc21. The third-order valence-electron chi connectivity index (χ3n) is 7.33. The summed E-state index contributed by atoms with van der Waals surface area (Å²) in [5.74, 6) is -1.59. The molecule has 3 rings (SSSR count). The molecule has 9 nitrogen and oxygen atoms in total. The number of hydrogen-bond acceptors (Lipinski definition) is 6. The van der Waals surface area contributed by atoms with Crippen LogP contribution in [0.2, 0.25) is 0 Å². The Kier molecular flexibility index (Phi) is 10.7. The van der Waals surface area contributed by atoms with E-state index >= 15 is 0 Å². The van der Waals surface area contributed by atoms with Crippen molar-refractivity contribution in [3.63, 3.8) is 0 Å². The summed E-state index contributed by atoms with van der Waals surface area (Å²) in [6.07, 6.45) is 0.807. The molecule has 2 atom stereocenters. The minimum Gasteiger partial charge on any atom is -0.461 e. The molecule has 9 heteroatoms. The number of esters is 1. The monoisotopic (exact) mass is 563 g/mol. The first-order valence-electron chi connectivity index (χ1n) is 13.8. The molecule has 0 aliphatic heterocycles. The Morgan fingerprint density at radius 1 is 0.829 bits per heavy atom. The second-order valence-electron chi connectivity index (χ2n) is 10.9. The van der Waals surface area contributed by atoms with E-state index in [4.69, 9.17) is 9.47 Å². The van der Waals surface area contributed by atoms with Crippen molar-refractivity contribution in [2.75, 3.05) is 41.4 Å². The summed E-state index contributed by atoms with van der Waals surface area (Å²) in [5.41, 5.74) is 4.42. The van der Waals surface area contributed by atoms with Crippen molar-refractivity contribution in [2.24, 2.45) is 5.92 Å². The maximum absolute atomic E-state index is 13.8. The number of hydrogen-bond donors (Lipinski definition) is 0. The van der Waals surface area contributed by atoms with Gasteiger partial charge in [-0.05, 0) is 34.6 Å². The van der Waals surface area contributed by atoms with Crippen LogP contribution in [0.5, 0.6) is 0 Å². The van der Waals surface area contributed by atoms with E-state index < -0.39 is 36.0 Å². The highest BCUT2D eigenvalue weighted by Crippen LogP contribution is 2.44. The van der Waals surface area contributed by atoms with Crippen molar-refractivity contribution in [3.8, 4) is 11.1 Å². The fourth-order valence-corrected chi connectivity index (χ4v) is 5.14. The number of amides is 3. The van der Waals surface area contributed by atoms with Gasteiger partial charge in [-0.15, -0.1) is 0 Å². The second-order valence-corrected chi connectivity index (χ2v) is 10.9. The van der Waals surface area contributed by atoms with Crippen molar-refractivity contribution in [1.29, 1.82) is 0 Å². The van der Waals surface area contributed by atoms with E-state index in [-0.39, 0.29) is 31.5 Å². The summed E-state index contributed by atoms with van der Waals surface area (Å²) in [5, 5.41) is 0. The highest BCUT2D eigenvalue weighted by Gasteiger charge is 2.38. The lowest BCUT2D eigenvalue weighted by Gasteiger charge is -2.35. The van der Waals surface area contributed by atoms with Crippen molar-refractivity contribution in [3.05, 3.63) is 72.3 Å². The number of carbonyl (C=O) groups is 4. The largest absolute Gasteiger partial charge is 0.461 e. The maximum Gasteiger partial charge on any atom is 0.410 e. The van der Waals surface area contributed by atoms with E-state index in [1.54, 1.807) is 14.1 Å². The average Bonchev–Trinajstić information content (AvgIpc) is 3.28. The quantitative estimate of drug-likeness (QED) is 0.282. The van der Waals surface area contributed by atoms with Gasteiger partial charge in [0.1, 0.15) is 25.3 Å². The molecule has 0 aromatic heterocycles. The summed E-state index contributed by atoms with van der Waals surface area (Å²) in [4.78, 5) is 56.4. The molecule has 1 unspecified atom stereocenters. The van der Waals surface area contributed by atoms with Crippen LogP contribution < -0.4 is 0 Å². The molecule has 41 heavy (non-hydrogen) atoms. The van der Waals surface area contributed by atoms with Crippen molar-refractivity contribution < 1.29 is 28.7 Å². The molecule has 0 heterocycles. The van der Waals surface area contributed by atoms with Gasteiger partial charge in [-0.1, -0.05) is 75.0 Å². The van der Waals surface area contributed by atoms with Gasteiger partial charge in [-0.25, -0.2) is 4.79 Å². The van der Waals surface area contributed by atoms with Crippen LogP contribution in [-0.2, 0) is 23.9 Å². The van der Waals surface area contributed by atoms with Crippen LogP contribution in [-0.4, -0.2) is 92.1 Å². The van der Waals surface area contributed by atoms with Crippen LogP contribution in [0, 0.1) is 5.92 Å². The first kappa shape index (κ1) is 31.4. The number of benzene rings is 2. The fourth-order valence-electron chi connectivity index (χ4n) is 5.14. The number of likely N-dealkylation sites (N-methyl/N-ethyl adjacent to an activating group) is 3. The van der Waals surface area contributed by atoms with Crippen LogP contribution in [0.1, 0.15) is 43.7 Å². The zero-order valence-electron chi connectivity index (χ0n) is 24.8. The van der Waals surface area contributed by atoms with Gasteiger partial charge in [0.05, 0.1) is 6.42 Å². The van der Waals surface area contributed by atoms with Crippen molar-refractivity contribution >= 4 is 23.9 Å². The molecule has 0 saturated carbocycles. The molecule has 2 aromatic carbocycles. The minimum absolute atomic E-state index is 0.000134. The molecule has 1 aliphatic rings. The molecule has 0 spiro atoms. The lowest BCUT2D eigenvalue weighted by atomic mass is 9.98. The molecule has 0 bridgehead atoms. The van der Waals surface area contributed by atoms with Crippen LogP contribution in [0.3, 0.4) is 0 Å². The molecule has 0 saturated heterocycles. The van der Waals surface area contributed by atoms with E-state index in [0.29, 0.717) is 6.42 Å². The van der Waals surface area contributed by atoms with E-state index in [9.17, 15) is 19.2 Å². The second kappa shape index (κ2) is 14.0. The molecular weight excluding hydrogens is 522 g/mol. The third kappa shape index (κ3) is 7.34. The summed E-state index contributed by atoms with van der Waals surface area (Å²) >= 11 is 0. The van der Waals surface area contributed by atoms with E-state index in [1.807, 2.05) is 50.2 Å². The smallest absolute Gasteiger partial charge is 0.410 e. The Bertz CT molecular complexity index is 1230. The van der Waals surface area contributed by atoms with Gasteiger partial charge in [0.2, 0.25) is 11.8 Å². The molecule has 3 amide bonds. The zero-order chi connectivity index (χ0) is 30.3. The highest BCUT2D eigenvalue weighted by molar-refractivity contribution is 5.93. The number of ether oxygens (including phenoxy) is 2. The normalized spacial score (nSPS) is 13.4. The molecular formula is C32H41N3O6. The van der Waals surface area contributed by atoms with Crippen LogP contribution in [0.25, 0.3) is 11.1 Å². The number of nitrogens with zero attached hydrogens (tertiary/aromatic N) is 3. The molecule has 0 radical (unpaired) electrons. The summed E-state index contributed by atoms with van der Waals surface area (Å²) in [6, 6.07) is 14.1. The van der Waals surface area contributed by atoms with Gasteiger partial charge in [-0.3, -0.25) is 19.3 Å². The molecule has 0 fully saturated rings. The van der Waals surface area contributed by atoms with E-state index in [0.717, 1.165) is 22.3 Å². The predicted octanol–water partition coefficient (Wildman–Crippen LogP) is 4.32. The van der Waals surface area contributed by atoms with Crippen LogP contribution in [0.15, 0.2) is 61.2 Å². The molecule has 220 valence electrons. The standard InChI is InChI=1S/C32H41N3O6/c1-8-17-40-29(36)19-28(30(37)33(4)5)34(6)31(38)27(18-21(2)3)35(7)32(39)41-20-26-24-15-11-9-13-22(24)23-14-10-12-16-25(23)26/h8-16,21,26-28H,1,17-20H2,2-7H3/t27?,28-/m0/s1. The number of carbonyl (C=O) groups excluding carboxylic acids is 4. The predicted molar refractivity (Wildman–Crippen MR) is 157 cm³/mol. The van der Waals surface area contributed by atoms with Gasteiger partial charge in [0.15, 0.2) is 0 Å². The fraction of sp³-hybridized carbons (Fsp3) is 0.438. The highest BCUT2D eigenvalue weighted by atomic mass is 16.6. The number of rotatable bonds is 12. The maximum atomic E-state index is 13.8. The Labute approximate surface area is 242 Å². The minimum atomic E-state index is -1.10. The first-order valence-corrected chi connectivity index (χ1v) is 13.8. The van der Waals surface area contributed by atoms with Crippen LogP contribution >= 0.6 is 0 Å². The Hall–Kier alpha value is -4.14. The topological polar surface area (TPSA) is 96.5 Å². The lowest BCUT2D eigenvalue weighted by molar-refractivity contribution is -0.152. The summed E-state index contributed by atoms with van der Waals surface area (Å²) in [7, 11) is 6.10. The molecule has 1 aliphatic carbocycles. The first-order chi connectivity index (χ1) is 19.5. The van der Waals surface area contributed by atoms with Gasteiger partial charge < -0.3 is 19.3 Å². The molecule has 2 aromatic rings. The van der Waals surface area contributed by atoms with Gasteiger partial charge in [0, 0.05) is 34.1 Å². The summed E-state index contributed by atoms with van der Waals surface area (Å²) < 4.78 is 10.9. The van der Waals surface area contributed by atoms with E-state index in [2.05, 4.69) is 18.7 Å². The average molecular weight is 564 g/mol. The number of fused-ring (bicyclic) bond motifs is 3. The van der Waals surface area contributed by atoms with Gasteiger partial charge in [0.25, 0.3) is 0 Å². The molecule has 0 N–H and O–H groups in total. The summed E-state index contributed by atoms with van der Waals surface area (Å²) in [6.45, 7) is 7.53. The van der Waals surface area contributed by atoms with Crippen LogP contribution in [0.4, 0.5) is 4.79 Å². The Morgan fingerprint density at radius 3 is 1.90 bits per heavy atom. The van der Waals surface area contributed by atoms with Gasteiger partial charge in [-0.2, -0.15) is 0 Å². The van der Waals surface area contributed by atoms with Crippen molar-refractivity contribution in [1.82, 2.24) is 14.7 Å². The Morgan fingerprint density at radius 2 is 1.39 bits per heavy atom. The lowest BCUT2D eigenvalue weighted by Crippen LogP contribution is -2.55. The zero-order valence-corrected chi connectivity index (χ0v) is 24.8. The van der Waals surface area contributed by atoms with Gasteiger partial charge >= 0.3 is 12.1 Å².